The van der Waals surface area contributed by atoms with Gasteiger partial charge in [-0.15, -0.1) is 0 Å². The Morgan fingerprint density at radius 1 is 0.971 bits per heavy atom. The summed E-state index contributed by atoms with van der Waals surface area (Å²) in [6.45, 7) is 0. The van der Waals surface area contributed by atoms with Crippen LogP contribution in [0.15, 0.2) is 78.4 Å². The molecule has 0 bridgehead atoms. The van der Waals surface area contributed by atoms with Crippen molar-refractivity contribution in [3.8, 4) is 5.75 Å². The summed E-state index contributed by atoms with van der Waals surface area (Å²) < 4.78 is 58.6. The average molecular weight is 471 g/mol. The lowest BCUT2D eigenvalue weighted by Crippen LogP contribution is -2.29. The smallest absolute Gasteiger partial charge is 0.416 e. The van der Waals surface area contributed by atoms with Crippen molar-refractivity contribution in [2.75, 3.05) is 12.0 Å². The molecule has 1 N–H and O–H groups in total. The van der Waals surface area contributed by atoms with E-state index >= 15 is 0 Å². The number of rotatable bonds is 4. The van der Waals surface area contributed by atoms with E-state index in [1.807, 2.05) is 0 Å². The summed E-state index contributed by atoms with van der Waals surface area (Å²) in [6, 6.07) is 13.4. The monoisotopic (exact) mass is 471 g/mol. The van der Waals surface area contributed by atoms with E-state index in [4.69, 9.17) is 4.74 Å². The van der Waals surface area contributed by atoms with Gasteiger partial charge in [0.15, 0.2) is 0 Å². The number of hydrogen-bond donors (Lipinski definition) is 1. The molecule has 0 unspecified atom stereocenters. The SMILES string of the molecule is COc1ccc(C(O)=C2C(=O)C(=O)N(c3cccc(C(F)(F)F)c3)[C@H]2c2ccc(F)cc2)cc1. The third kappa shape index (κ3) is 4.12. The third-order valence-electron chi connectivity index (χ3n) is 5.45. The Kier molecular flexibility index (Phi) is 5.87. The van der Waals surface area contributed by atoms with Crippen LogP contribution in [0.4, 0.5) is 23.2 Å². The molecule has 0 saturated carbocycles. The summed E-state index contributed by atoms with van der Waals surface area (Å²) in [6.07, 6.45) is -4.68. The Morgan fingerprint density at radius 3 is 2.21 bits per heavy atom. The predicted octanol–water partition coefficient (Wildman–Crippen LogP) is 5.48. The fourth-order valence-electron chi connectivity index (χ4n) is 3.80. The van der Waals surface area contributed by atoms with Crippen molar-refractivity contribution >= 4 is 23.1 Å². The zero-order valence-corrected chi connectivity index (χ0v) is 17.6. The maximum Gasteiger partial charge on any atom is 0.416 e. The maximum absolute atomic E-state index is 13.6. The van der Waals surface area contributed by atoms with Crippen molar-refractivity contribution in [2.24, 2.45) is 0 Å². The number of halogens is 4. The molecule has 1 saturated heterocycles. The largest absolute Gasteiger partial charge is 0.507 e. The zero-order valence-electron chi connectivity index (χ0n) is 17.6. The van der Waals surface area contributed by atoms with Crippen molar-refractivity contribution in [2.45, 2.75) is 12.2 Å². The highest BCUT2D eigenvalue weighted by atomic mass is 19.4. The second-order valence-electron chi connectivity index (χ2n) is 7.50. The van der Waals surface area contributed by atoms with Crippen LogP contribution in [0, 0.1) is 5.82 Å². The van der Waals surface area contributed by atoms with Gasteiger partial charge in [-0.1, -0.05) is 18.2 Å². The number of Topliss-reactive ketones (excluding diaryl/α,β-unsaturated/α-hetero) is 1. The van der Waals surface area contributed by atoms with Gasteiger partial charge >= 0.3 is 6.18 Å². The van der Waals surface area contributed by atoms with Crippen LogP contribution in [0.25, 0.3) is 5.76 Å². The van der Waals surface area contributed by atoms with Gasteiger partial charge in [-0.2, -0.15) is 13.2 Å². The number of ether oxygens (including phenoxy) is 1. The quantitative estimate of drug-likeness (QED) is 0.237. The highest BCUT2D eigenvalue weighted by Crippen LogP contribution is 2.43. The summed E-state index contributed by atoms with van der Waals surface area (Å²) in [5, 5.41) is 11.0. The van der Waals surface area contributed by atoms with Crippen LogP contribution in [0.3, 0.4) is 0 Å². The second kappa shape index (κ2) is 8.66. The Bertz CT molecular complexity index is 1280. The number of anilines is 1. The van der Waals surface area contributed by atoms with Crippen molar-refractivity contribution in [1.29, 1.82) is 0 Å². The van der Waals surface area contributed by atoms with Gasteiger partial charge in [0.05, 0.1) is 24.3 Å². The molecule has 3 aromatic carbocycles. The van der Waals surface area contributed by atoms with Gasteiger partial charge in [0.25, 0.3) is 11.7 Å². The molecule has 0 spiro atoms. The van der Waals surface area contributed by atoms with Gasteiger partial charge in [-0.05, 0) is 60.2 Å². The Morgan fingerprint density at radius 2 is 1.62 bits per heavy atom. The van der Waals surface area contributed by atoms with E-state index in [2.05, 4.69) is 0 Å². The first-order chi connectivity index (χ1) is 16.1. The highest BCUT2D eigenvalue weighted by Gasteiger charge is 2.47. The first-order valence-electron chi connectivity index (χ1n) is 10.00. The number of aliphatic hydroxyl groups is 1. The van der Waals surface area contributed by atoms with E-state index in [9.17, 15) is 32.3 Å². The Hall–Kier alpha value is -4.14. The molecule has 5 nitrogen and oxygen atoms in total. The molecule has 0 radical (unpaired) electrons. The van der Waals surface area contributed by atoms with Gasteiger partial charge in [0, 0.05) is 11.3 Å². The molecule has 1 heterocycles. The molecule has 3 aromatic rings. The summed E-state index contributed by atoms with van der Waals surface area (Å²) >= 11 is 0. The third-order valence-corrected chi connectivity index (χ3v) is 5.45. The molecular formula is C25H17F4NO4. The lowest BCUT2D eigenvalue weighted by molar-refractivity contribution is -0.137. The number of ketones is 1. The predicted molar refractivity (Wildman–Crippen MR) is 116 cm³/mol. The molecule has 4 rings (SSSR count). The molecule has 9 heteroatoms. The molecule has 1 fully saturated rings. The number of carbonyl (C=O) groups is 2. The topological polar surface area (TPSA) is 66.8 Å². The molecular weight excluding hydrogens is 454 g/mol. The fourth-order valence-corrected chi connectivity index (χ4v) is 3.80. The van der Waals surface area contributed by atoms with Crippen LogP contribution >= 0.6 is 0 Å². The molecule has 1 aliphatic heterocycles. The number of amides is 1. The van der Waals surface area contributed by atoms with Gasteiger partial charge in [-0.3, -0.25) is 14.5 Å². The molecule has 1 aliphatic rings. The van der Waals surface area contributed by atoms with Crippen LogP contribution < -0.4 is 9.64 Å². The summed E-state index contributed by atoms with van der Waals surface area (Å²) in [5.74, 6) is -2.83. The van der Waals surface area contributed by atoms with Crippen molar-refractivity contribution in [3.05, 3.63) is 101 Å². The Labute approximate surface area is 191 Å². The summed E-state index contributed by atoms with van der Waals surface area (Å²) in [4.78, 5) is 26.9. The van der Waals surface area contributed by atoms with Crippen LogP contribution in [-0.2, 0) is 15.8 Å². The number of aliphatic hydroxyl groups excluding tert-OH is 1. The minimum atomic E-state index is -4.68. The van der Waals surface area contributed by atoms with E-state index in [0.717, 1.165) is 35.2 Å². The molecule has 1 amide bonds. The van der Waals surface area contributed by atoms with Gasteiger partial charge in [0.1, 0.15) is 17.3 Å². The number of hydrogen-bond acceptors (Lipinski definition) is 4. The average Bonchev–Trinajstić information content (AvgIpc) is 3.09. The minimum absolute atomic E-state index is 0.190. The zero-order chi connectivity index (χ0) is 24.6. The fraction of sp³-hybridized carbons (Fsp3) is 0.120. The summed E-state index contributed by atoms with van der Waals surface area (Å²) in [7, 11) is 1.45. The summed E-state index contributed by atoms with van der Waals surface area (Å²) in [5.41, 5.74) is -1.12. The first-order valence-corrected chi connectivity index (χ1v) is 10.00. The van der Waals surface area contributed by atoms with E-state index in [-0.39, 0.29) is 22.4 Å². The van der Waals surface area contributed by atoms with Gasteiger partial charge in [-0.25, -0.2) is 4.39 Å². The van der Waals surface area contributed by atoms with Crippen molar-refractivity contribution in [1.82, 2.24) is 0 Å². The normalized spacial score (nSPS) is 17.8. The highest BCUT2D eigenvalue weighted by molar-refractivity contribution is 6.51. The van der Waals surface area contributed by atoms with Crippen LogP contribution in [0.5, 0.6) is 5.75 Å². The number of methoxy groups -OCH3 is 1. The van der Waals surface area contributed by atoms with E-state index in [1.54, 1.807) is 0 Å². The molecule has 34 heavy (non-hydrogen) atoms. The molecule has 1 atom stereocenters. The van der Waals surface area contributed by atoms with E-state index in [1.165, 1.54) is 49.6 Å². The van der Waals surface area contributed by atoms with Crippen LogP contribution in [0.2, 0.25) is 0 Å². The molecule has 0 aliphatic carbocycles. The number of nitrogens with zero attached hydrogens (tertiary/aromatic N) is 1. The number of alkyl halides is 3. The van der Waals surface area contributed by atoms with Gasteiger partial charge in [0.2, 0.25) is 0 Å². The first kappa shape index (κ1) is 23.0. The maximum atomic E-state index is 13.6. The number of benzene rings is 3. The minimum Gasteiger partial charge on any atom is -0.507 e. The molecule has 174 valence electrons. The standard InChI is InChI=1S/C25H17F4NO4/c1-34-19-11-7-15(8-12-19)22(31)20-21(14-5-9-17(26)10-6-14)30(24(33)23(20)32)18-4-2-3-16(13-18)25(27,28)29/h2-13,21,31H,1H3/t21-/m0/s1. The van der Waals surface area contributed by atoms with E-state index < -0.39 is 41.0 Å². The van der Waals surface area contributed by atoms with Crippen LogP contribution in [0.1, 0.15) is 22.7 Å². The number of carbonyl (C=O) groups excluding carboxylic acids is 2. The van der Waals surface area contributed by atoms with Crippen LogP contribution in [-0.4, -0.2) is 23.9 Å². The van der Waals surface area contributed by atoms with Crippen molar-refractivity contribution in [3.63, 3.8) is 0 Å². The molecule has 0 aromatic heterocycles. The lowest BCUT2D eigenvalue weighted by atomic mass is 9.95. The lowest BCUT2D eigenvalue weighted by Gasteiger charge is -2.26. The van der Waals surface area contributed by atoms with Gasteiger partial charge < -0.3 is 9.84 Å². The Balaban J connectivity index is 1.92. The van der Waals surface area contributed by atoms with E-state index in [0.29, 0.717) is 5.75 Å². The van der Waals surface area contributed by atoms with Crippen molar-refractivity contribution < 1.29 is 37.0 Å². The second-order valence-corrected chi connectivity index (χ2v) is 7.50.